The Labute approximate surface area is 184 Å². The van der Waals surface area contributed by atoms with Gasteiger partial charge in [-0.05, 0) is 45.0 Å². The van der Waals surface area contributed by atoms with Gasteiger partial charge in [-0.3, -0.25) is 14.9 Å². The molecular weight excluding hydrogens is 450 g/mol. The van der Waals surface area contributed by atoms with Crippen molar-refractivity contribution in [2.75, 3.05) is 38.0 Å². The molecule has 0 spiro atoms. The first-order valence-corrected chi connectivity index (χ1v) is 11.4. The van der Waals surface area contributed by atoms with E-state index < -0.39 is 33.1 Å². The van der Waals surface area contributed by atoms with E-state index in [0.29, 0.717) is 12.3 Å². The summed E-state index contributed by atoms with van der Waals surface area (Å²) in [4.78, 5) is 24.7. The van der Waals surface area contributed by atoms with E-state index in [4.69, 9.17) is 16.1 Å². The number of carbonyl (C=O) groups is 1. The van der Waals surface area contributed by atoms with Crippen LogP contribution in [-0.2, 0) is 14.8 Å². The Kier molecular flexibility index (Phi) is 7.26. The summed E-state index contributed by atoms with van der Waals surface area (Å²) in [5, 5.41) is 17.2. The lowest BCUT2D eigenvalue weighted by Gasteiger charge is -2.24. The topological polar surface area (TPSA) is 139 Å². The number of hydrogen-bond acceptors (Lipinski definition) is 8. The number of nitro benzene ring substituents is 1. The third kappa shape index (κ3) is 5.79. The molecule has 0 saturated carbocycles. The molecule has 1 aromatic heterocycles. The van der Waals surface area contributed by atoms with E-state index in [1.807, 2.05) is 0 Å². The van der Waals surface area contributed by atoms with Crippen molar-refractivity contribution in [3.8, 4) is 0 Å². The Morgan fingerprint density at radius 2 is 2.06 bits per heavy atom. The van der Waals surface area contributed by atoms with Gasteiger partial charge in [-0.2, -0.15) is 4.31 Å². The van der Waals surface area contributed by atoms with Crippen molar-refractivity contribution in [1.29, 1.82) is 0 Å². The number of hydrogen-bond donors (Lipinski definition) is 1. The molecule has 0 unspecified atom stereocenters. The molecule has 0 atom stereocenters. The number of nitrogens with one attached hydrogen (secondary N) is 1. The van der Waals surface area contributed by atoms with Gasteiger partial charge in [0.2, 0.25) is 15.9 Å². The number of anilines is 1. The van der Waals surface area contributed by atoms with Crippen LogP contribution in [0.2, 0.25) is 5.02 Å². The van der Waals surface area contributed by atoms with Gasteiger partial charge in [0.25, 0.3) is 5.69 Å². The predicted molar refractivity (Wildman–Crippen MR) is 112 cm³/mol. The lowest BCUT2D eigenvalue weighted by atomic mass is 10.3. The Morgan fingerprint density at radius 3 is 2.68 bits per heavy atom. The van der Waals surface area contributed by atoms with Crippen LogP contribution in [0.4, 0.5) is 11.5 Å². The predicted octanol–water partition coefficient (Wildman–Crippen LogP) is 2.27. The smallest absolute Gasteiger partial charge is 0.289 e. The molecular formula is C18H22ClN5O6S. The molecule has 2 aromatic rings. The molecule has 1 amide bonds. The van der Waals surface area contributed by atoms with Gasteiger partial charge in [0.15, 0.2) is 5.82 Å². The number of nitrogens with zero attached hydrogens (tertiary/aromatic N) is 4. The minimum Gasteiger partial charge on any atom is -0.360 e. The average Bonchev–Trinajstić information content (AvgIpc) is 3.36. The molecule has 0 aliphatic carbocycles. The van der Waals surface area contributed by atoms with E-state index in [1.54, 1.807) is 6.92 Å². The largest absolute Gasteiger partial charge is 0.360 e. The third-order valence-corrected chi connectivity index (χ3v) is 6.99. The summed E-state index contributed by atoms with van der Waals surface area (Å²) in [6.45, 7) is 3.35. The van der Waals surface area contributed by atoms with E-state index in [2.05, 4.69) is 15.4 Å². The Bertz CT molecular complexity index is 1070. The Morgan fingerprint density at radius 1 is 1.35 bits per heavy atom. The summed E-state index contributed by atoms with van der Waals surface area (Å²) in [5.74, 6) is 0.0468. The Balaban J connectivity index is 1.83. The first-order valence-electron chi connectivity index (χ1n) is 9.56. The van der Waals surface area contributed by atoms with Crippen LogP contribution in [0, 0.1) is 17.0 Å². The van der Waals surface area contributed by atoms with E-state index in [0.717, 1.165) is 42.4 Å². The number of nitro groups is 1. The number of likely N-dealkylation sites (tertiary alicyclic amines) is 1. The molecule has 1 aliphatic rings. The van der Waals surface area contributed by atoms with Crippen LogP contribution < -0.4 is 5.32 Å². The maximum absolute atomic E-state index is 13.2. The number of carbonyl (C=O) groups excluding carboxylic acids is 1. The summed E-state index contributed by atoms with van der Waals surface area (Å²) >= 11 is 5.81. The maximum atomic E-state index is 13.2. The molecule has 1 aromatic carbocycles. The third-order valence-electron chi connectivity index (χ3n) is 4.83. The highest BCUT2D eigenvalue weighted by molar-refractivity contribution is 7.89. The van der Waals surface area contributed by atoms with Gasteiger partial charge in [0, 0.05) is 25.2 Å². The van der Waals surface area contributed by atoms with Gasteiger partial charge in [0.1, 0.15) is 10.8 Å². The first-order chi connectivity index (χ1) is 14.7. The monoisotopic (exact) mass is 471 g/mol. The fourth-order valence-corrected chi connectivity index (χ4v) is 4.85. The minimum atomic E-state index is -4.21. The van der Waals surface area contributed by atoms with Gasteiger partial charge in [0.05, 0.1) is 16.4 Å². The lowest BCUT2D eigenvalue weighted by Crippen LogP contribution is -2.42. The lowest BCUT2D eigenvalue weighted by molar-refractivity contribution is -0.384. The molecule has 1 aliphatic heterocycles. The highest BCUT2D eigenvalue weighted by atomic mass is 35.5. The molecule has 13 heteroatoms. The number of sulfonamides is 1. The van der Waals surface area contributed by atoms with Crippen molar-refractivity contribution in [2.45, 2.75) is 24.7 Å². The molecule has 31 heavy (non-hydrogen) atoms. The highest BCUT2D eigenvalue weighted by Gasteiger charge is 2.30. The van der Waals surface area contributed by atoms with Crippen LogP contribution >= 0.6 is 11.6 Å². The fourth-order valence-electron chi connectivity index (χ4n) is 3.25. The van der Waals surface area contributed by atoms with Gasteiger partial charge >= 0.3 is 0 Å². The second-order valence-electron chi connectivity index (χ2n) is 7.13. The number of amides is 1. The maximum Gasteiger partial charge on any atom is 0.289 e. The zero-order chi connectivity index (χ0) is 22.6. The van der Waals surface area contributed by atoms with Gasteiger partial charge in [-0.25, -0.2) is 8.42 Å². The van der Waals surface area contributed by atoms with Crippen LogP contribution in [0.3, 0.4) is 0 Å². The number of halogens is 1. The van der Waals surface area contributed by atoms with Crippen molar-refractivity contribution in [2.24, 2.45) is 0 Å². The van der Waals surface area contributed by atoms with Crippen LogP contribution in [0.5, 0.6) is 0 Å². The average molecular weight is 472 g/mol. The van der Waals surface area contributed by atoms with Crippen LogP contribution in [0.25, 0.3) is 0 Å². The summed E-state index contributed by atoms with van der Waals surface area (Å²) in [6, 6.07) is 4.75. The fraction of sp³-hybridized carbons (Fsp3) is 0.444. The Hall–Kier alpha value is -2.54. The summed E-state index contributed by atoms with van der Waals surface area (Å²) in [6.07, 6.45) is 2.06. The summed E-state index contributed by atoms with van der Waals surface area (Å²) in [7, 11) is -4.21. The second kappa shape index (κ2) is 9.73. The number of aromatic nitrogens is 1. The SMILES string of the molecule is Cc1cc(NC(=O)CN(CCN2CCCC2)S(=O)(=O)c2ccc(Cl)c([N+](=O)[O-])c2)no1. The number of aryl methyl sites for hydroxylation is 1. The van der Waals surface area contributed by atoms with Crippen LogP contribution in [0.15, 0.2) is 33.7 Å². The summed E-state index contributed by atoms with van der Waals surface area (Å²) < 4.78 is 32.4. The van der Waals surface area contributed by atoms with Crippen molar-refractivity contribution < 1.29 is 22.7 Å². The zero-order valence-corrected chi connectivity index (χ0v) is 18.4. The quantitative estimate of drug-likeness (QED) is 0.434. The first kappa shape index (κ1) is 23.1. The van der Waals surface area contributed by atoms with E-state index in [9.17, 15) is 23.3 Å². The molecule has 0 bridgehead atoms. The van der Waals surface area contributed by atoms with Gasteiger partial charge in [-0.15, -0.1) is 0 Å². The molecule has 11 nitrogen and oxygen atoms in total. The van der Waals surface area contributed by atoms with Crippen LogP contribution in [0.1, 0.15) is 18.6 Å². The van der Waals surface area contributed by atoms with Crippen molar-refractivity contribution in [3.05, 3.63) is 45.2 Å². The molecule has 3 rings (SSSR count). The highest BCUT2D eigenvalue weighted by Crippen LogP contribution is 2.28. The molecule has 2 heterocycles. The van der Waals surface area contributed by atoms with Crippen molar-refractivity contribution >= 4 is 39.0 Å². The van der Waals surface area contributed by atoms with Gasteiger partial charge < -0.3 is 14.7 Å². The molecule has 1 N–H and O–H groups in total. The molecule has 1 saturated heterocycles. The normalized spacial score (nSPS) is 14.8. The van der Waals surface area contributed by atoms with E-state index in [1.165, 1.54) is 12.1 Å². The summed E-state index contributed by atoms with van der Waals surface area (Å²) in [5.41, 5.74) is -0.523. The molecule has 0 radical (unpaired) electrons. The van der Waals surface area contributed by atoms with Gasteiger partial charge in [-0.1, -0.05) is 16.8 Å². The van der Waals surface area contributed by atoms with E-state index in [-0.39, 0.29) is 22.3 Å². The minimum absolute atomic E-state index is 0.0457. The second-order valence-corrected chi connectivity index (χ2v) is 9.47. The number of benzene rings is 1. The van der Waals surface area contributed by atoms with E-state index >= 15 is 0 Å². The standard InChI is InChI=1S/C18H22ClN5O6S/c1-13-10-17(21-30-13)20-18(25)12-23(9-8-22-6-2-3-7-22)31(28,29)14-4-5-15(19)16(11-14)24(26)27/h4-5,10-11H,2-3,6-9,12H2,1H3,(H,20,21,25). The van der Waals surface area contributed by atoms with Crippen molar-refractivity contribution in [3.63, 3.8) is 0 Å². The number of rotatable bonds is 9. The zero-order valence-electron chi connectivity index (χ0n) is 16.8. The molecule has 168 valence electrons. The van der Waals surface area contributed by atoms with Crippen molar-refractivity contribution in [1.82, 2.24) is 14.4 Å². The molecule has 1 fully saturated rings. The van der Waals surface area contributed by atoms with Crippen LogP contribution in [-0.4, -0.2) is 66.3 Å².